The average molecular weight is 439 g/mol. The van der Waals surface area contributed by atoms with E-state index in [4.69, 9.17) is 9.73 Å². The Labute approximate surface area is 182 Å². The van der Waals surface area contributed by atoms with Crippen molar-refractivity contribution in [1.82, 2.24) is 14.9 Å². The average Bonchev–Trinajstić information content (AvgIpc) is 2.75. The van der Waals surface area contributed by atoms with Crippen LogP contribution in [0.3, 0.4) is 0 Å². The zero-order chi connectivity index (χ0) is 21.8. The number of hydrogen-bond donors (Lipinski definition) is 2. The van der Waals surface area contributed by atoms with E-state index < -0.39 is 10.0 Å². The van der Waals surface area contributed by atoms with Crippen LogP contribution in [-0.4, -0.2) is 64.6 Å². The number of ether oxygens (including phenoxy) is 1. The zero-order valence-electron chi connectivity index (χ0n) is 18.6. The molecule has 170 valence electrons. The maximum absolute atomic E-state index is 12.7. The van der Waals surface area contributed by atoms with Gasteiger partial charge in [0.05, 0.1) is 4.90 Å². The van der Waals surface area contributed by atoms with Crippen LogP contribution in [0.25, 0.3) is 0 Å². The predicted molar refractivity (Wildman–Crippen MR) is 122 cm³/mol. The van der Waals surface area contributed by atoms with Gasteiger partial charge in [0.15, 0.2) is 5.96 Å². The topological polar surface area (TPSA) is 83.0 Å². The number of aliphatic imine (C=N–C) groups is 1. The van der Waals surface area contributed by atoms with Crippen molar-refractivity contribution < 1.29 is 13.2 Å². The molecule has 2 N–H and O–H groups in total. The molecule has 2 rings (SSSR count). The van der Waals surface area contributed by atoms with Gasteiger partial charge in [-0.2, -0.15) is 4.31 Å². The summed E-state index contributed by atoms with van der Waals surface area (Å²) in [5.41, 5.74) is 0. The number of rotatable bonds is 11. The van der Waals surface area contributed by atoms with Crippen molar-refractivity contribution >= 4 is 16.0 Å². The summed E-state index contributed by atoms with van der Waals surface area (Å²) in [4.78, 5) is 5.09. The van der Waals surface area contributed by atoms with Crippen LogP contribution in [0.1, 0.15) is 40.0 Å². The standard InChI is InChI=1S/C22H38N4O3S/c1-4-23-22(24-13-8-16-29-18-19(2)3)25-17-20-11-14-26(15-12-20)30(27,28)21-9-6-5-7-10-21/h5-7,9-10,19-20H,4,8,11-18H2,1-3H3,(H2,23,24,25). The SMILES string of the molecule is CCNC(=NCC1CCN(S(=O)(=O)c2ccccc2)CC1)NCCCOCC(C)C. The first-order valence-corrected chi connectivity index (χ1v) is 12.5. The van der Waals surface area contributed by atoms with E-state index in [1.807, 2.05) is 6.07 Å². The second-order valence-electron chi connectivity index (χ2n) is 8.13. The van der Waals surface area contributed by atoms with Crippen molar-refractivity contribution in [3.8, 4) is 0 Å². The van der Waals surface area contributed by atoms with Gasteiger partial charge in [0, 0.05) is 45.9 Å². The summed E-state index contributed by atoms with van der Waals surface area (Å²) >= 11 is 0. The van der Waals surface area contributed by atoms with Crippen molar-refractivity contribution in [2.45, 2.75) is 44.9 Å². The van der Waals surface area contributed by atoms with Crippen molar-refractivity contribution in [2.75, 3.05) is 45.9 Å². The van der Waals surface area contributed by atoms with Gasteiger partial charge in [0.25, 0.3) is 0 Å². The molecule has 0 bridgehead atoms. The summed E-state index contributed by atoms with van der Waals surface area (Å²) in [6.07, 6.45) is 2.60. The molecule has 1 aromatic carbocycles. The third-order valence-corrected chi connectivity index (χ3v) is 6.93. The number of nitrogens with one attached hydrogen (secondary N) is 2. The third-order valence-electron chi connectivity index (χ3n) is 5.02. The largest absolute Gasteiger partial charge is 0.381 e. The fourth-order valence-electron chi connectivity index (χ4n) is 3.34. The van der Waals surface area contributed by atoms with Crippen LogP contribution in [-0.2, 0) is 14.8 Å². The molecule has 1 aliphatic rings. The minimum atomic E-state index is -3.39. The summed E-state index contributed by atoms with van der Waals surface area (Å²) in [6.45, 7) is 11.3. The highest BCUT2D eigenvalue weighted by Crippen LogP contribution is 2.23. The van der Waals surface area contributed by atoms with Gasteiger partial charge in [0.1, 0.15) is 0 Å². The van der Waals surface area contributed by atoms with Crippen LogP contribution in [0.2, 0.25) is 0 Å². The first-order valence-electron chi connectivity index (χ1n) is 11.1. The van der Waals surface area contributed by atoms with Gasteiger partial charge in [-0.15, -0.1) is 0 Å². The number of hydrogen-bond acceptors (Lipinski definition) is 4. The molecule has 0 aromatic heterocycles. The molecule has 8 heteroatoms. The summed E-state index contributed by atoms with van der Waals surface area (Å²) in [7, 11) is -3.39. The molecule has 1 aromatic rings. The highest BCUT2D eigenvalue weighted by molar-refractivity contribution is 7.89. The normalized spacial score (nSPS) is 16.7. The van der Waals surface area contributed by atoms with Crippen LogP contribution in [0.15, 0.2) is 40.2 Å². The molecule has 0 atom stereocenters. The van der Waals surface area contributed by atoms with Gasteiger partial charge < -0.3 is 15.4 Å². The molecule has 1 aliphatic heterocycles. The molecule has 1 fully saturated rings. The fraction of sp³-hybridized carbons (Fsp3) is 0.682. The fourth-order valence-corrected chi connectivity index (χ4v) is 4.83. The Morgan fingerprint density at radius 1 is 1.20 bits per heavy atom. The van der Waals surface area contributed by atoms with Crippen LogP contribution < -0.4 is 10.6 Å². The van der Waals surface area contributed by atoms with Crippen molar-refractivity contribution in [2.24, 2.45) is 16.8 Å². The van der Waals surface area contributed by atoms with Crippen molar-refractivity contribution in [3.05, 3.63) is 30.3 Å². The summed E-state index contributed by atoms with van der Waals surface area (Å²) in [5, 5.41) is 6.63. The smallest absolute Gasteiger partial charge is 0.243 e. The molecule has 0 spiro atoms. The van der Waals surface area contributed by atoms with E-state index >= 15 is 0 Å². The van der Waals surface area contributed by atoms with Gasteiger partial charge in [-0.3, -0.25) is 4.99 Å². The number of benzene rings is 1. The van der Waals surface area contributed by atoms with E-state index in [0.717, 1.165) is 51.5 Å². The van der Waals surface area contributed by atoms with Crippen LogP contribution in [0, 0.1) is 11.8 Å². The highest BCUT2D eigenvalue weighted by atomic mass is 32.2. The lowest BCUT2D eigenvalue weighted by molar-refractivity contribution is 0.108. The third kappa shape index (κ3) is 8.24. The molecule has 0 amide bonds. The second kappa shape index (κ2) is 12.9. The molecule has 0 unspecified atom stereocenters. The number of piperidine rings is 1. The quantitative estimate of drug-likeness (QED) is 0.315. The summed E-state index contributed by atoms with van der Waals surface area (Å²) < 4.78 is 32.7. The first kappa shape index (κ1) is 24.6. The second-order valence-corrected chi connectivity index (χ2v) is 10.1. The Morgan fingerprint density at radius 2 is 1.90 bits per heavy atom. The Bertz CT molecular complexity index is 730. The molecule has 1 saturated heterocycles. The van der Waals surface area contributed by atoms with E-state index in [2.05, 4.69) is 31.4 Å². The van der Waals surface area contributed by atoms with Crippen LogP contribution in [0.4, 0.5) is 0 Å². The van der Waals surface area contributed by atoms with Crippen molar-refractivity contribution in [3.63, 3.8) is 0 Å². The summed E-state index contributed by atoms with van der Waals surface area (Å²) in [6, 6.07) is 8.68. The van der Waals surface area contributed by atoms with Gasteiger partial charge in [-0.1, -0.05) is 32.0 Å². The molecular weight excluding hydrogens is 400 g/mol. The molecule has 7 nitrogen and oxygen atoms in total. The molecule has 0 saturated carbocycles. The molecule has 0 radical (unpaired) electrons. The number of sulfonamides is 1. The van der Waals surface area contributed by atoms with Gasteiger partial charge in [-0.05, 0) is 50.2 Å². The van der Waals surface area contributed by atoms with Gasteiger partial charge in [0.2, 0.25) is 10.0 Å². The monoisotopic (exact) mass is 438 g/mol. The van der Waals surface area contributed by atoms with E-state index in [0.29, 0.717) is 36.4 Å². The Morgan fingerprint density at radius 3 is 2.53 bits per heavy atom. The Balaban J connectivity index is 1.75. The van der Waals surface area contributed by atoms with E-state index in [-0.39, 0.29) is 0 Å². The lowest BCUT2D eigenvalue weighted by Crippen LogP contribution is -2.40. The Kier molecular flexibility index (Phi) is 10.6. The Hall–Kier alpha value is -1.64. The summed E-state index contributed by atoms with van der Waals surface area (Å²) in [5.74, 6) is 1.78. The minimum Gasteiger partial charge on any atom is -0.381 e. The number of guanidine groups is 1. The predicted octanol–water partition coefficient (Wildman–Crippen LogP) is 2.71. The maximum Gasteiger partial charge on any atom is 0.243 e. The highest BCUT2D eigenvalue weighted by Gasteiger charge is 2.29. The van der Waals surface area contributed by atoms with E-state index in [1.54, 1.807) is 28.6 Å². The van der Waals surface area contributed by atoms with Gasteiger partial charge in [-0.25, -0.2) is 8.42 Å². The molecule has 0 aliphatic carbocycles. The van der Waals surface area contributed by atoms with E-state index in [9.17, 15) is 8.42 Å². The molecule has 1 heterocycles. The van der Waals surface area contributed by atoms with Crippen LogP contribution >= 0.6 is 0 Å². The first-order chi connectivity index (χ1) is 14.4. The minimum absolute atomic E-state index is 0.373. The lowest BCUT2D eigenvalue weighted by Gasteiger charge is -2.30. The lowest BCUT2D eigenvalue weighted by atomic mass is 9.98. The molecular formula is C22H38N4O3S. The zero-order valence-corrected chi connectivity index (χ0v) is 19.5. The molecule has 30 heavy (non-hydrogen) atoms. The number of nitrogens with zero attached hydrogens (tertiary/aromatic N) is 2. The maximum atomic E-state index is 12.7. The van der Waals surface area contributed by atoms with Crippen molar-refractivity contribution in [1.29, 1.82) is 0 Å². The van der Waals surface area contributed by atoms with E-state index in [1.165, 1.54) is 0 Å². The van der Waals surface area contributed by atoms with Crippen LogP contribution in [0.5, 0.6) is 0 Å². The van der Waals surface area contributed by atoms with Gasteiger partial charge >= 0.3 is 0 Å².